The Morgan fingerprint density at radius 2 is 1.83 bits per heavy atom. The van der Waals surface area contributed by atoms with Crippen molar-refractivity contribution >= 4 is 35.6 Å². The molecule has 0 radical (unpaired) electrons. The van der Waals surface area contributed by atoms with E-state index in [-0.39, 0.29) is 35.7 Å². The molecule has 0 saturated heterocycles. The molecule has 3 N–H and O–H groups in total. The quantitative estimate of drug-likeness (QED) is 0.289. The fourth-order valence-corrected chi connectivity index (χ4v) is 2.51. The lowest BCUT2D eigenvalue weighted by molar-refractivity contribution is -0.274. The molecule has 0 saturated carbocycles. The van der Waals surface area contributed by atoms with E-state index in [1.54, 1.807) is 6.20 Å². The van der Waals surface area contributed by atoms with Gasteiger partial charge < -0.3 is 15.8 Å². The Kier molecular flexibility index (Phi) is 7.88. The van der Waals surface area contributed by atoms with Gasteiger partial charge in [-0.2, -0.15) is 5.10 Å². The Morgan fingerprint density at radius 3 is 2.48 bits per heavy atom. The van der Waals surface area contributed by atoms with Gasteiger partial charge in [0, 0.05) is 18.1 Å². The molecule has 0 fully saturated rings. The van der Waals surface area contributed by atoms with Gasteiger partial charge in [0.05, 0.1) is 13.1 Å². The number of nitrogens with one attached hydrogen (secondary N) is 1. The lowest BCUT2D eigenvalue weighted by atomic mass is 10.1. The molecule has 154 valence electrons. The number of guanidine groups is 1. The number of nitrogens with two attached hydrogens (primary N) is 1. The SMILES string of the molecule is I.NC(=NCc1cccc(Cn2cccn2)c1)Nc1ccc(OC(F)(F)F)cc1. The lowest BCUT2D eigenvalue weighted by Crippen LogP contribution is -2.22. The van der Waals surface area contributed by atoms with Crippen LogP contribution in [0, 0.1) is 0 Å². The molecule has 0 atom stereocenters. The normalized spacial score (nSPS) is 11.6. The van der Waals surface area contributed by atoms with Crippen molar-refractivity contribution in [3.05, 3.63) is 78.1 Å². The first-order valence-corrected chi connectivity index (χ1v) is 8.35. The van der Waals surface area contributed by atoms with Crippen molar-refractivity contribution in [2.45, 2.75) is 19.5 Å². The summed E-state index contributed by atoms with van der Waals surface area (Å²) in [5, 5.41) is 7.01. The van der Waals surface area contributed by atoms with E-state index in [2.05, 4.69) is 20.1 Å². The Bertz CT molecular complexity index is 928. The van der Waals surface area contributed by atoms with Crippen molar-refractivity contribution < 1.29 is 17.9 Å². The number of alkyl halides is 3. The molecule has 0 aliphatic rings. The van der Waals surface area contributed by atoms with Crippen LogP contribution in [0.25, 0.3) is 0 Å². The van der Waals surface area contributed by atoms with Crippen molar-refractivity contribution in [2.24, 2.45) is 10.7 Å². The fraction of sp³-hybridized carbons (Fsp3) is 0.158. The van der Waals surface area contributed by atoms with Gasteiger partial charge in [0.2, 0.25) is 0 Å². The Balaban J connectivity index is 0.00000300. The van der Waals surface area contributed by atoms with Crippen LogP contribution in [-0.2, 0) is 13.1 Å². The Hall–Kier alpha value is -2.76. The summed E-state index contributed by atoms with van der Waals surface area (Å²) in [6.07, 6.45) is -1.11. The van der Waals surface area contributed by atoms with Crippen molar-refractivity contribution in [3.63, 3.8) is 0 Å². The van der Waals surface area contributed by atoms with Crippen molar-refractivity contribution in [3.8, 4) is 5.75 Å². The molecule has 29 heavy (non-hydrogen) atoms. The van der Waals surface area contributed by atoms with Crippen LogP contribution in [0.5, 0.6) is 5.75 Å². The molecule has 1 heterocycles. The highest BCUT2D eigenvalue weighted by Crippen LogP contribution is 2.23. The second-order valence-electron chi connectivity index (χ2n) is 5.92. The van der Waals surface area contributed by atoms with Gasteiger partial charge in [-0.15, -0.1) is 37.1 Å². The van der Waals surface area contributed by atoms with Gasteiger partial charge in [0.15, 0.2) is 5.96 Å². The molecule has 0 bridgehead atoms. The molecule has 0 aliphatic carbocycles. The van der Waals surface area contributed by atoms with E-state index >= 15 is 0 Å². The van der Waals surface area contributed by atoms with Crippen LogP contribution < -0.4 is 15.8 Å². The zero-order valence-electron chi connectivity index (χ0n) is 15.1. The first-order chi connectivity index (χ1) is 13.4. The highest BCUT2D eigenvalue weighted by Gasteiger charge is 2.30. The number of hydrogen-bond donors (Lipinski definition) is 2. The molecular formula is C19H19F3IN5O. The number of nitrogens with zero attached hydrogens (tertiary/aromatic N) is 3. The summed E-state index contributed by atoms with van der Waals surface area (Å²) in [7, 11) is 0. The largest absolute Gasteiger partial charge is 0.573 e. The minimum atomic E-state index is -4.72. The average Bonchev–Trinajstić information content (AvgIpc) is 3.14. The number of ether oxygens (including phenoxy) is 1. The molecule has 10 heteroatoms. The number of aromatic nitrogens is 2. The van der Waals surface area contributed by atoms with Gasteiger partial charge in [-0.3, -0.25) is 4.68 Å². The third-order valence-corrected chi connectivity index (χ3v) is 3.69. The maximum atomic E-state index is 12.2. The average molecular weight is 517 g/mol. The second kappa shape index (κ2) is 10.1. The second-order valence-corrected chi connectivity index (χ2v) is 5.92. The highest BCUT2D eigenvalue weighted by molar-refractivity contribution is 14.0. The molecule has 3 aromatic rings. The molecule has 0 amide bonds. The molecule has 6 nitrogen and oxygen atoms in total. The molecule has 0 aliphatic heterocycles. The van der Waals surface area contributed by atoms with E-state index in [1.807, 2.05) is 41.2 Å². The van der Waals surface area contributed by atoms with E-state index in [4.69, 9.17) is 5.73 Å². The minimum absolute atomic E-state index is 0. The number of rotatable bonds is 6. The number of hydrogen-bond acceptors (Lipinski definition) is 3. The van der Waals surface area contributed by atoms with Crippen LogP contribution in [0.2, 0.25) is 0 Å². The Morgan fingerprint density at radius 1 is 1.10 bits per heavy atom. The van der Waals surface area contributed by atoms with Gasteiger partial charge in [-0.1, -0.05) is 24.3 Å². The van der Waals surface area contributed by atoms with Crippen LogP contribution in [0.15, 0.2) is 72.0 Å². The third kappa shape index (κ3) is 7.64. The highest BCUT2D eigenvalue weighted by atomic mass is 127. The summed E-state index contributed by atoms with van der Waals surface area (Å²) >= 11 is 0. The number of benzene rings is 2. The van der Waals surface area contributed by atoms with E-state index in [0.717, 1.165) is 11.1 Å². The van der Waals surface area contributed by atoms with E-state index < -0.39 is 6.36 Å². The first-order valence-electron chi connectivity index (χ1n) is 8.35. The molecule has 0 spiro atoms. The third-order valence-electron chi connectivity index (χ3n) is 3.69. The summed E-state index contributed by atoms with van der Waals surface area (Å²) in [6.45, 7) is 1.02. The van der Waals surface area contributed by atoms with E-state index in [9.17, 15) is 13.2 Å². The summed E-state index contributed by atoms with van der Waals surface area (Å²) in [4.78, 5) is 4.26. The minimum Gasteiger partial charge on any atom is -0.406 e. The zero-order chi connectivity index (χ0) is 20.0. The molecule has 0 unspecified atom stereocenters. The van der Waals surface area contributed by atoms with Crippen LogP contribution in [0.3, 0.4) is 0 Å². The van der Waals surface area contributed by atoms with Crippen LogP contribution >= 0.6 is 24.0 Å². The molecule has 3 rings (SSSR count). The Labute approximate surface area is 182 Å². The fourth-order valence-electron chi connectivity index (χ4n) is 2.51. The number of halogens is 4. The van der Waals surface area contributed by atoms with Crippen LogP contribution in [0.4, 0.5) is 18.9 Å². The van der Waals surface area contributed by atoms with Crippen LogP contribution in [-0.4, -0.2) is 22.1 Å². The zero-order valence-corrected chi connectivity index (χ0v) is 17.5. The van der Waals surface area contributed by atoms with E-state index in [1.165, 1.54) is 24.3 Å². The standard InChI is InChI=1S/C19H18F3N5O.HI/c20-19(21,22)28-17-7-5-16(6-8-17)26-18(23)24-12-14-3-1-4-15(11-14)13-27-10-2-9-25-27;/h1-11H,12-13H2,(H3,23,24,26);1H. The monoisotopic (exact) mass is 517 g/mol. The predicted octanol–water partition coefficient (Wildman–Crippen LogP) is 4.37. The maximum Gasteiger partial charge on any atom is 0.573 e. The van der Waals surface area contributed by atoms with Crippen molar-refractivity contribution in [2.75, 3.05) is 5.32 Å². The molecule has 1 aromatic heterocycles. The smallest absolute Gasteiger partial charge is 0.406 e. The van der Waals surface area contributed by atoms with Gasteiger partial charge >= 0.3 is 6.36 Å². The first kappa shape index (κ1) is 22.5. The summed E-state index contributed by atoms with van der Waals surface area (Å²) < 4.78 is 42.1. The summed E-state index contributed by atoms with van der Waals surface area (Å²) in [6, 6.07) is 15.0. The van der Waals surface area contributed by atoms with E-state index in [0.29, 0.717) is 18.8 Å². The van der Waals surface area contributed by atoms with Gasteiger partial charge in [-0.25, -0.2) is 4.99 Å². The molecular weight excluding hydrogens is 498 g/mol. The number of aliphatic imine (C=N–C) groups is 1. The van der Waals surface area contributed by atoms with Gasteiger partial charge in [0.1, 0.15) is 5.75 Å². The van der Waals surface area contributed by atoms with Crippen molar-refractivity contribution in [1.82, 2.24) is 9.78 Å². The maximum absolute atomic E-state index is 12.2. The molecule has 2 aromatic carbocycles. The number of anilines is 1. The summed E-state index contributed by atoms with van der Waals surface area (Å²) in [5.41, 5.74) is 8.42. The topological polar surface area (TPSA) is 77.5 Å². The summed E-state index contributed by atoms with van der Waals surface area (Å²) in [5.74, 6) is -0.149. The van der Waals surface area contributed by atoms with Gasteiger partial charge in [0.25, 0.3) is 0 Å². The van der Waals surface area contributed by atoms with Crippen LogP contribution in [0.1, 0.15) is 11.1 Å². The van der Waals surface area contributed by atoms with Gasteiger partial charge in [-0.05, 0) is 41.5 Å². The lowest BCUT2D eigenvalue weighted by Gasteiger charge is -2.10. The van der Waals surface area contributed by atoms with Crippen molar-refractivity contribution in [1.29, 1.82) is 0 Å². The predicted molar refractivity (Wildman–Crippen MR) is 115 cm³/mol.